The van der Waals surface area contributed by atoms with Gasteiger partial charge in [-0.05, 0) is 42.7 Å². The first kappa shape index (κ1) is 12.0. The van der Waals surface area contributed by atoms with Crippen molar-refractivity contribution >= 4 is 16.9 Å². The summed E-state index contributed by atoms with van der Waals surface area (Å²) in [5.74, 6) is -0.0982. The number of nitrogens with one attached hydrogen (secondary N) is 1. The maximum Gasteiger partial charge on any atom is 0.304 e. The number of para-hydroxylation sites is 1. The Morgan fingerprint density at radius 2 is 2.35 bits per heavy atom. The summed E-state index contributed by atoms with van der Waals surface area (Å²) in [5.41, 5.74) is 5.08. The second-order valence-corrected chi connectivity index (χ2v) is 6.34. The highest BCUT2D eigenvalue weighted by molar-refractivity contribution is 5.89. The van der Waals surface area contributed by atoms with Crippen LogP contribution in [0.15, 0.2) is 18.2 Å². The Morgan fingerprint density at radius 1 is 1.50 bits per heavy atom. The van der Waals surface area contributed by atoms with Crippen molar-refractivity contribution in [1.29, 1.82) is 0 Å². The summed E-state index contributed by atoms with van der Waals surface area (Å²) in [5, 5.41) is 10.6. The molecule has 4 rings (SSSR count). The molecule has 0 radical (unpaired) electrons. The maximum atomic E-state index is 11.2. The zero-order valence-corrected chi connectivity index (χ0v) is 11.7. The molecule has 0 saturated heterocycles. The zero-order valence-electron chi connectivity index (χ0n) is 11.7. The summed E-state index contributed by atoms with van der Waals surface area (Å²) in [6.07, 6.45) is 4.56. The van der Waals surface area contributed by atoms with Crippen LogP contribution < -0.4 is 0 Å². The molecule has 0 bridgehead atoms. The standard InChI is InChI=1S/C17H19NO2/c1-2-10-4-3-5-12-13-7-6-11-8-17(11,9-14(19)20)16(13)18-15(10)12/h3-5,11,18H,2,6-9H2,1H3,(H,19,20). The molecule has 0 spiro atoms. The lowest BCUT2D eigenvalue weighted by Gasteiger charge is -2.21. The van der Waals surface area contributed by atoms with Gasteiger partial charge in [-0.3, -0.25) is 4.79 Å². The number of aryl methyl sites for hydroxylation is 2. The number of hydrogen-bond acceptors (Lipinski definition) is 1. The highest BCUT2D eigenvalue weighted by Gasteiger charge is 2.59. The SMILES string of the molecule is CCc1cccc2c3c([nH]c12)C1(CC(=O)O)CC1CC3. The van der Waals surface area contributed by atoms with E-state index in [2.05, 4.69) is 30.1 Å². The zero-order chi connectivity index (χ0) is 13.9. The maximum absolute atomic E-state index is 11.2. The van der Waals surface area contributed by atoms with Crippen molar-refractivity contribution in [2.45, 2.75) is 44.4 Å². The number of aromatic amines is 1. The first-order valence-electron chi connectivity index (χ1n) is 7.50. The summed E-state index contributed by atoms with van der Waals surface area (Å²) in [6, 6.07) is 6.47. The van der Waals surface area contributed by atoms with Crippen molar-refractivity contribution in [3.63, 3.8) is 0 Å². The Labute approximate surface area is 118 Å². The molecule has 3 nitrogen and oxygen atoms in total. The van der Waals surface area contributed by atoms with Gasteiger partial charge in [0.1, 0.15) is 0 Å². The second-order valence-electron chi connectivity index (χ2n) is 6.34. The van der Waals surface area contributed by atoms with E-state index in [1.165, 1.54) is 27.7 Å². The van der Waals surface area contributed by atoms with Crippen LogP contribution in [0.3, 0.4) is 0 Å². The van der Waals surface area contributed by atoms with E-state index in [9.17, 15) is 9.90 Å². The van der Waals surface area contributed by atoms with Gasteiger partial charge >= 0.3 is 5.97 Å². The molecule has 0 amide bonds. The van der Waals surface area contributed by atoms with Gasteiger partial charge in [0, 0.05) is 22.0 Å². The quantitative estimate of drug-likeness (QED) is 0.897. The van der Waals surface area contributed by atoms with Crippen molar-refractivity contribution in [2.24, 2.45) is 5.92 Å². The van der Waals surface area contributed by atoms with Crippen LogP contribution in [0.4, 0.5) is 0 Å². The highest BCUT2D eigenvalue weighted by atomic mass is 16.4. The van der Waals surface area contributed by atoms with Crippen molar-refractivity contribution in [2.75, 3.05) is 0 Å². The summed E-state index contributed by atoms with van der Waals surface area (Å²) < 4.78 is 0. The number of aromatic nitrogens is 1. The fourth-order valence-electron chi connectivity index (χ4n) is 4.27. The van der Waals surface area contributed by atoms with Gasteiger partial charge in [-0.25, -0.2) is 0 Å². The number of benzene rings is 1. The van der Waals surface area contributed by atoms with Gasteiger partial charge in [-0.15, -0.1) is 0 Å². The van der Waals surface area contributed by atoms with Gasteiger partial charge in [-0.1, -0.05) is 25.1 Å². The monoisotopic (exact) mass is 269 g/mol. The van der Waals surface area contributed by atoms with Gasteiger partial charge in [0.2, 0.25) is 0 Å². The van der Waals surface area contributed by atoms with E-state index in [0.29, 0.717) is 5.92 Å². The van der Waals surface area contributed by atoms with Crippen LogP contribution in [0.2, 0.25) is 0 Å². The van der Waals surface area contributed by atoms with Crippen molar-refractivity contribution in [1.82, 2.24) is 4.98 Å². The second kappa shape index (κ2) is 3.87. The normalized spacial score (nSPS) is 27.1. The van der Waals surface area contributed by atoms with Crippen LogP contribution in [0.1, 0.15) is 43.0 Å². The Balaban J connectivity index is 1.94. The predicted molar refractivity (Wildman–Crippen MR) is 78.0 cm³/mol. The molecule has 2 atom stereocenters. The average molecular weight is 269 g/mol. The largest absolute Gasteiger partial charge is 0.481 e. The lowest BCUT2D eigenvalue weighted by Crippen LogP contribution is -2.21. The third-order valence-corrected chi connectivity index (χ3v) is 5.35. The Kier molecular flexibility index (Phi) is 2.33. The van der Waals surface area contributed by atoms with Crippen molar-refractivity contribution in [3.8, 4) is 0 Å². The van der Waals surface area contributed by atoms with Crippen LogP contribution in [0.25, 0.3) is 10.9 Å². The number of rotatable bonds is 3. The molecular formula is C17H19NO2. The Bertz CT molecular complexity index is 715. The van der Waals surface area contributed by atoms with Crippen LogP contribution in [-0.2, 0) is 23.1 Å². The molecule has 20 heavy (non-hydrogen) atoms. The molecule has 2 aromatic rings. The Morgan fingerprint density at radius 3 is 3.10 bits per heavy atom. The van der Waals surface area contributed by atoms with E-state index >= 15 is 0 Å². The molecule has 1 aromatic heterocycles. The van der Waals surface area contributed by atoms with E-state index < -0.39 is 5.97 Å². The van der Waals surface area contributed by atoms with Gasteiger partial charge in [0.05, 0.1) is 6.42 Å². The fourth-order valence-corrected chi connectivity index (χ4v) is 4.27. The van der Waals surface area contributed by atoms with Crippen LogP contribution in [0.5, 0.6) is 0 Å². The highest BCUT2D eigenvalue weighted by Crippen LogP contribution is 2.62. The van der Waals surface area contributed by atoms with Gasteiger partial charge < -0.3 is 10.1 Å². The van der Waals surface area contributed by atoms with Gasteiger partial charge in [0.15, 0.2) is 0 Å². The molecule has 2 aliphatic carbocycles. The van der Waals surface area contributed by atoms with E-state index in [1.54, 1.807) is 0 Å². The average Bonchev–Trinajstić information content (AvgIpc) is 3.00. The summed E-state index contributed by atoms with van der Waals surface area (Å²) in [7, 11) is 0. The third-order valence-electron chi connectivity index (χ3n) is 5.35. The molecule has 1 saturated carbocycles. The topological polar surface area (TPSA) is 53.1 Å². The van der Waals surface area contributed by atoms with Crippen LogP contribution >= 0.6 is 0 Å². The van der Waals surface area contributed by atoms with Crippen LogP contribution in [0, 0.1) is 5.92 Å². The number of H-pyrrole nitrogens is 1. The molecule has 3 heteroatoms. The summed E-state index contributed by atoms with van der Waals surface area (Å²) in [4.78, 5) is 14.8. The molecule has 2 N–H and O–H groups in total. The molecule has 2 unspecified atom stereocenters. The minimum absolute atomic E-state index is 0.0938. The number of carbonyl (C=O) groups is 1. The lowest BCUT2D eigenvalue weighted by atomic mass is 9.84. The van der Waals surface area contributed by atoms with Crippen molar-refractivity contribution in [3.05, 3.63) is 35.0 Å². The number of carboxylic acids is 1. The van der Waals surface area contributed by atoms with E-state index in [4.69, 9.17) is 0 Å². The van der Waals surface area contributed by atoms with E-state index in [1.807, 2.05) is 0 Å². The van der Waals surface area contributed by atoms with Gasteiger partial charge in [-0.2, -0.15) is 0 Å². The number of carboxylic acid groups (broad SMARTS) is 1. The third kappa shape index (κ3) is 1.43. The Hall–Kier alpha value is -1.77. The minimum atomic E-state index is -0.672. The van der Waals surface area contributed by atoms with E-state index in [0.717, 1.165) is 25.7 Å². The first-order chi connectivity index (χ1) is 9.65. The number of hydrogen-bond donors (Lipinski definition) is 2. The number of fused-ring (bicyclic) bond motifs is 5. The first-order valence-corrected chi connectivity index (χ1v) is 7.50. The van der Waals surface area contributed by atoms with E-state index in [-0.39, 0.29) is 11.8 Å². The summed E-state index contributed by atoms with van der Waals surface area (Å²) >= 11 is 0. The molecule has 0 aliphatic heterocycles. The smallest absolute Gasteiger partial charge is 0.304 e. The lowest BCUT2D eigenvalue weighted by molar-refractivity contribution is -0.137. The van der Waals surface area contributed by atoms with Crippen molar-refractivity contribution < 1.29 is 9.90 Å². The summed E-state index contributed by atoms with van der Waals surface area (Å²) in [6.45, 7) is 2.17. The van der Waals surface area contributed by atoms with Crippen LogP contribution in [-0.4, -0.2) is 16.1 Å². The number of aliphatic carboxylic acids is 1. The molecule has 104 valence electrons. The molecule has 1 aromatic carbocycles. The molecular weight excluding hydrogens is 250 g/mol. The molecule has 2 aliphatic rings. The predicted octanol–water partition coefficient (Wildman–Crippen LogP) is 3.41. The van der Waals surface area contributed by atoms with Gasteiger partial charge in [0.25, 0.3) is 0 Å². The molecule has 1 fully saturated rings. The molecule has 1 heterocycles. The minimum Gasteiger partial charge on any atom is -0.481 e. The fraction of sp³-hybridized carbons (Fsp3) is 0.471.